The summed E-state index contributed by atoms with van der Waals surface area (Å²) in [5.74, 6) is -0.358. The topological polar surface area (TPSA) is 25.6 Å². The fourth-order valence-electron chi connectivity index (χ4n) is 0.726. The summed E-state index contributed by atoms with van der Waals surface area (Å²) in [5, 5.41) is 0. The van der Waals surface area contributed by atoms with E-state index in [1.54, 1.807) is 0 Å². The lowest BCUT2D eigenvalue weighted by Crippen LogP contribution is -2.35. The van der Waals surface area contributed by atoms with Gasteiger partial charge in [0.1, 0.15) is 0 Å². The molecule has 1 aliphatic rings. The maximum Gasteiger partial charge on any atom is 0.197 e. The summed E-state index contributed by atoms with van der Waals surface area (Å²) in [6.45, 7) is -12.1. The van der Waals surface area contributed by atoms with Crippen LogP contribution in [0.15, 0.2) is 21.2 Å². The van der Waals surface area contributed by atoms with Gasteiger partial charge in [0, 0.05) is 19.1 Å². The highest BCUT2D eigenvalue weighted by Gasteiger charge is 2.13. The molecule has 2 heterocycles. The third-order valence-electron chi connectivity index (χ3n) is 1.20. The minimum absolute atomic E-state index is 0.173. The van der Waals surface area contributed by atoms with E-state index >= 15 is 0 Å². The Hall–Kier alpha value is -0.480. The highest BCUT2D eigenvalue weighted by atomic mass is 79.9. The Kier molecular flexibility index (Phi) is 0.881. The number of nitrogens with zero attached hydrogens (tertiary/aromatic N) is 1. The quantitative estimate of drug-likeness (QED) is 0.749. The molecule has 1 aliphatic heterocycles. The zero-order chi connectivity index (χ0) is 15.6. The molecule has 2 rings (SSSR count). The lowest BCUT2D eigenvalue weighted by molar-refractivity contribution is 0.120. The van der Waals surface area contributed by atoms with Crippen LogP contribution in [0.4, 0.5) is 5.88 Å². The van der Waals surface area contributed by atoms with Gasteiger partial charge in [-0.25, -0.2) is 0 Å². The van der Waals surface area contributed by atoms with Crippen LogP contribution in [0, 0.1) is 0 Å². The molecule has 0 bridgehead atoms. The van der Waals surface area contributed by atoms with E-state index in [1.165, 1.54) is 12.1 Å². The molecule has 0 amide bonds. The zero-order valence-electron chi connectivity index (χ0n) is 13.8. The molecule has 1 aromatic heterocycles. The maximum atomic E-state index is 7.78. The monoisotopic (exact) mass is 239 g/mol. The minimum Gasteiger partial charge on any atom is -0.434 e. The molecule has 66 valence electrons. The van der Waals surface area contributed by atoms with Gasteiger partial charge >= 0.3 is 0 Å². The van der Waals surface area contributed by atoms with E-state index in [2.05, 4.69) is 20.7 Å². The second-order valence-corrected chi connectivity index (χ2v) is 2.72. The largest absolute Gasteiger partial charge is 0.434 e. The summed E-state index contributed by atoms with van der Waals surface area (Å²) in [4.78, 5) is 0.272. The highest BCUT2D eigenvalue weighted by Crippen LogP contribution is 2.22. The van der Waals surface area contributed by atoms with Gasteiger partial charge in [0.25, 0.3) is 0 Å². The minimum atomic E-state index is -3.08. The Morgan fingerprint density at radius 1 is 1.42 bits per heavy atom. The summed E-state index contributed by atoms with van der Waals surface area (Å²) < 4.78 is 70.8. The number of hydrogen-bond acceptors (Lipinski definition) is 3. The SMILES string of the molecule is [2H]C1([2H])OC([2H])([2H])C([2H])([2H])N(c2ccc(Br)o2)C1([2H])[2H]. The highest BCUT2D eigenvalue weighted by molar-refractivity contribution is 9.10. The number of ether oxygens (including phenoxy) is 1. The van der Waals surface area contributed by atoms with E-state index in [4.69, 9.17) is 15.4 Å². The van der Waals surface area contributed by atoms with E-state index in [0.717, 1.165) is 0 Å². The molecule has 0 saturated carbocycles. The van der Waals surface area contributed by atoms with Crippen LogP contribution in [0.3, 0.4) is 0 Å². The normalized spacial score (nSPS) is 44.9. The van der Waals surface area contributed by atoms with Crippen molar-refractivity contribution in [3.05, 3.63) is 16.8 Å². The average Bonchev–Trinajstić information content (AvgIpc) is 2.60. The predicted molar refractivity (Wildman–Crippen MR) is 49.4 cm³/mol. The molecule has 1 fully saturated rings. The number of furan rings is 1. The van der Waals surface area contributed by atoms with Gasteiger partial charge in [-0.05, 0) is 22.0 Å². The average molecular weight is 240 g/mol. The van der Waals surface area contributed by atoms with Crippen LogP contribution in [0.2, 0.25) is 0 Å². The van der Waals surface area contributed by atoms with Crippen molar-refractivity contribution in [2.75, 3.05) is 31.0 Å². The number of anilines is 1. The molecule has 0 unspecified atom stereocenters. The van der Waals surface area contributed by atoms with Crippen molar-refractivity contribution < 1.29 is 20.1 Å². The van der Waals surface area contributed by atoms with Crippen LogP contribution >= 0.6 is 15.9 Å². The van der Waals surface area contributed by atoms with Gasteiger partial charge in [0.2, 0.25) is 0 Å². The lowest BCUT2D eigenvalue weighted by atomic mass is 10.4. The summed E-state index contributed by atoms with van der Waals surface area (Å²) in [6.07, 6.45) is 0. The maximum absolute atomic E-state index is 7.78. The van der Waals surface area contributed by atoms with Gasteiger partial charge < -0.3 is 14.1 Å². The zero-order valence-corrected chi connectivity index (χ0v) is 7.38. The molecular weight excluding hydrogens is 222 g/mol. The molecule has 12 heavy (non-hydrogen) atoms. The smallest absolute Gasteiger partial charge is 0.197 e. The van der Waals surface area contributed by atoms with Gasteiger partial charge in [-0.1, -0.05) is 0 Å². The Morgan fingerprint density at radius 3 is 2.75 bits per heavy atom. The summed E-state index contributed by atoms with van der Waals surface area (Å²) in [6, 6.07) is 2.57. The Balaban J connectivity index is 2.64. The molecule has 0 N–H and O–H groups in total. The lowest BCUT2D eigenvalue weighted by Gasteiger charge is -2.25. The van der Waals surface area contributed by atoms with E-state index in [1.807, 2.05) is 0 Å². The molecule has 0 atom stereocenters. The number of morpholine rings is 1. The number of hydrogen-bond donors (Lipinski definition) is 0. The standard InChI is InChI=1S/C8H10BrNO2/c9-7-1-2-8(12-7)10-3-5-11-6-4-10/h1-2H,3-6H2/i3D2,4D2,5D2,6D2. The third kappa shape index (κ3) is 1.64. The first-order valence-electron chi connectivity index (χ1n) is 7.09. The van der Waals surface area contributed by atoms with Crippen LogP contribution in [0.25, 0.3) is 0 Å². The Bertz CT molecular complexity index is 504. The first kappa shape index (κ1) is 3.03. The van der Waals surface area contributed by atoms with Crippen molar-refractivity contribution in [1.82, 2.24) is 0 Å². The van der Waals surface area contributed by atoms with Crippen LogP contribution in [0.5, 0.6) is 0 Å². The van der Waals surface area contributed by atoms with Gasteiger partial charge in [-0.3, -0.25) is 0 Å². The molecular formula is C8H10BrNO2. The van der Waals surface area contributed by atoms with Crippen LogP contribution in [-0.2, 0) is 4.74 Å². The van der Waals surface area contributed by atoms with Crippen molar-refractivity contribution in [3.8, 4) is 0 Å². The van der Waals surface area contributed by atoms with Crippen LogP contribution < -0.4 is 4.90 Å². The van der Waals surface area contributed by atoms with Crippen molar-refractivity contribution in [3.63, 3.8) is 0 Å². The molecule has 3 nitrogen and oxygen atoms in total. The fraction of sp³-hybridized carbons (Fsp3) is 0.500. The van der Waals surface area contributed by atoms with Crippen molar-refractivity contribution in [2.24, 2.45) is 0 Å². The summed E-state index contributed by atoms with van der Waals surface area (Å²) in [7, 11) is 0. The van der Waals surface area contributed by atoms with Crippen molar-refractivity contribution in [1.29, 1.82) is 0 Å². The summed E-state index contributed by atoms with van der Waals surface area (Å²) >= 11 is 2.97. The molecule has 0 spiro atoms. The fourth-order valence-corrected chi connectivity index (χ4v) is 1.02. The summed E-state index contributed by atoms with van der Waals surface area (Å²) in [5.41, 5.74) is 0. The molecule has 0 aromatic carbocycles. The molecule has 0 aliphatic carbocycles. The van der Waals surface area contributed by atoms with Gasteiger partial charge in [-0.15, -0.1) is 0 Å². The van der Waals surface area contributed by atoms with E-state index in [9.17, 15) is 0 Å². The van der Waals surface area contributed by atoms with E-state index in [-0.39, 0.29) is 15.5 Å². The number of halogens is 1. The van der Waals surface area contributed by atoms with E-state index < -0.39 is 26.1 Å². The van der Waals surface area contributed by atoms with E-state index in [0.29, 0.717) is 0 Å². The first-order chi connectivity index (χ1) is 8.83. The molecule has 1 aromatic rings. The number of rotatable bonds is 1. The molecule has 4 heteroatoms. The van der Waals surface area contributed by atoms with Crippen LogP contribution in [0.1, 0.15) is 11.0 Å². The Morgan fingerprint density at radius 2 is 2.17 bits per heavy atom. The van der Waals surface area contributed by atoms with Crippen molar-refractivity contribution >= 4 is 21.8 Å². The van der Waals surface area contributed by atoms with Gasteiger partial charge in [-0.2, -0.15) is 0 Å². The second kappa shape index (κ2) is 3.49. The van der Waals surface area contributed by atoms with Gasteiger partial charge in [0.15, 0.2) is 10.6 Å². The third-order valence-corrected chi connectivity index (χ3v) is 1.62. The molecule has 0 radical (unpaired) electrons. The van der Waals surface area contributed by atoms with Crippen molar-refractivity contribution in [2.45, 2.75) is 0 Å². The Labute approximate surface area is 90.7 Å². The first-order valence-corrected chi connectivity index (χ1v) is 3.88. The molecule has 1 saturated heterocycles. The van der Waals surface area contributed by atoms with Gasteiger partial charge in [0.05, 0.1) is 24.1 Å². The van der Waals surface area contributed by atoms with Crippen LogP contribution in [-0.4, -0.2) is 26.1 Å². The predicted octanol–water partition coefficient (Wildman–Crippen LogP) is 1.88. The second-order valence-electron chi connectivity index (χ2n) is 1.94.